The van der Waals surface area contributed by atoms with Crippen molar-refractivity contribution >= 4 is 41.6 Å². The summed E-state index contributed by atoms with van der Waals surface area (Å²) in [5, 5.41) is 6.55. The van der Waals surface area contributed by atoms with Crippen molar-refractivity contribution in [2.24, 2.45) is 0 Å². The second kappa shape index (κ2) is 10.8. The number of hydrogen-bond donors (Lipinski definition) is 2. The molecule has 0 radical (unpaired) electrons. The number of ether oxygens (including phenoxy) is 2. The molecule has 0 spiro atoms. The van der Waals surface area contributed by atoms with Gasteiger partial charge in [0.05, 0.1) is 19.8 Å². The highest BCUT2D eigenvalue weighted by atomic mass is 35.5. The van der Waals surface area contributed by atoms with Crippen LogP contribution >= 0.6 is 12.4 Å². The number of aromatic nitrogens is 3. The van der Waals surface area contributed by atoms with Gasteiger partial charge in [-0.05, 0) is 50.2 Å². The summed E-state index contributed by atoms with van der Waals surface area (Å²) in [6, 6.07) is 15.8. The molecule has 0 aliphatic carbocycles. The first kappa shape index (κ1) is 22.6. The third-order valence-corrected chi connectivity index (χ3v) is 4.65. The van der Waals surface area contributed by atoms with E-state index in [9.17, 15) is 0 Å². The lowest BCUT2D eigenvalue weighted by molar-refractivity contribution is 0.122. The van der Waals surface area contributed by atoms with E-state index in [1.165, 1.54) is 5.56 Å². The van der Waals surface area contributed by atoms with Crippen LogP contribution in [0.5, 0.6) is 5.75 Å². The molecule has 2 N–H and O–H groups in total. The lowest BCUT2D eigenvalue weighted by Crippen LogP contribution is -2.37. The Kier molecular flexibility index (Phi) is 7.86. The molecule has 0 atom stereocenters. The fraction of sp³-hybridized carbons (Fsp3) is 0.318. The molecule has 9 heteroatoms. The Morgan fingerprint density at radius 2 is 1.42 bits per heavy atom. The van der Waals surface area contributed by atoms with E-state index in [0.29, 0.717) is 37.7 Å². The van der Waals surface area contributed by atoms with Gasteiger partial charge >= 0.3 is 0 Å². The van der Waals surface area contributed by atoms with E-state index in [-0.39, 0.29) is 12.4 Å². The van der Waals surface area contributed by atoms with Crippen LogP contribution in [0, 0.1) is 6.92 Å². The van der Waals surface area contributed by atoms with E-state index in [1.807, 2.05) is 55.5 Å². The maximum absolute atomic E-state index is 5.51. The van der Waals surface area contributed by atoms with Crippen LogP contribution in [0.15, 0.2) is 48.5 Å². The van der Waals surface area contributed by atoms with Crippen LogP contribution in [0.4, 0.5) is 29.2 Å². The monoisotopic (exact) mass is 442 g/mol. The normalized spacial score (nSPS) is 13.3. The molecule has 164 valence electrons. The van der Waals surface area contributed by atoms with Gasteiger partial charge in [-0.3, -0.25) is 0 Å². The van der Waals surface area contributed by atoms with Crippen LogP contribution in [0.25, 0.3) is 0 Å². The number of benzene rings is 2. The summed E-state index contributed by atoms with van der Waals surface area (Å²) in [6.07, 6.45) is 0. The van der Waals surface area contributed by atoms with E-state index >= 15 is 0 Å². The molecule has 31 heavy (non-hydrogen) atoms. The van der Waals surface area contributed by atoms with Crippen molar-refractivity contribution in [3.8, 4) is 5.75 Å². The molecule has 2 heterocycles. The Bertz CT molecular complexity index is 963. The van der Waals surface area contributed by atoms with Gasteiger partial charge in [-0.1, -0.05) is 17.7 Å². The van der Waals surface area contributed by atoms with E-state index < -0.39 is 0 Å². The molecule has 3 aromatic rings. The summed E-state index contributed by atoms with van der Waals surface area (Å²) in [7, 11) is 0. The number of morpholine rings is 1. The highest BCUT2D eigenvalue weighted by Gasteiger charge is 2.17. The number of nitrogens with one attached hydrogen (secondary N) is 2. The van der Waals surface area contributed by atoms with Crippen molar-refractivity contribution in [3.63, 3.8) is 0 Å². The summed E-state index contributed by atoms with van der Waals surface area (Å²) in [6.45, 7) is 7.47. The van der Waals surface area contributed by atoms with Crippen molar-refractivity contribution in [2.75, 3.05) is 48.4 Å². The quantitative estimate of drug-likeness (QED) is 0.559. The van der Waals surface area contributed by atoms with Gasteiger partial charge in [0.15, 0.2) is 0 Å². The summed E-state index contributed by atoms with van der Waals surface area (Å²) >= 11 is 0. The summed E-state index contributed by atoms with van der Waals surface area (Å²) in [4.78, 5) is 15.9. The Morgan fingerprint density at radius 3 is 1.97 bits per heavy atom. The zero-order chi connectivity index (χ0) is 20.8. The number of rotatable bonds is 7. The molecule has 1 aliphatic rings. The van der Waals surface area contributed by atoms with Crippen molar-refractivity contribution < 1.29 is 9.47 Å². The molecule has 0 amide bonds. The van der Waals surface area contributed by atoms with Crippen molar-refractivity contribution in [1.29, 1.82) is 0 Å². The van der Waals surface area contributed by atoms with Crippen LogP contribution in [0.1, 0.15) is 12.5 Å². The number of halogens is 1. The van der Waals surface area contributed by atoms with E-state index in [4.69, 9.17) is 9.47 Å². The zero-order valence-corrected chi connectivity index (χ0v) is 18.5. The SMILES string of the molecule is CCOc1ccc(Nc2nc(Nc3ccc(C)cc3)nc(N3CCOCC3)n2)cc1.Cl. The van der Waals surface area contributed by atoms with Crippen molar-refractivity contribution in [3.05, 3.63) is 54.1 Å². The molecule has 8 nitrogen and oxygen atoms in total. The van der Waals surface area contributed by atoms with E-state index in [2.05, 4.69) is 37.4 Å². The summed E-state index contributed by atoms with van der Waals surface area (Å²) < 4.78 is 11.0. The Hall–Kier alpha value is -3.10. The minimum absolute atomic E-state index is 0. The number of anilines is 5. The molecule has 4 rings (SSSR count). The zero-order valence-electron chi connectivity index (χ0n) is 17.7. The molecule has 0 bridgehead atoms. The third kappa shape index (κ3) is 6.19. The fourth-order valence-electron chi connectivity index (χ4n) is 3.08. The minimum atomic E-state index is 0. The van der Waals surface area contributed by atoms with Crippen LogP contribution in [-0.4, -0.2) is 47.9 Å². The van der Waals surface area contributed by atoms with Crippen LogP contribution in [0.3, 0.4) is 0 Å². The first-order valence-electron chi connectivity index (χ1n) is 10.1. The largest absolute Gasteiger partial charge is 0.494 e. The van der Waals surface area contributed by atoms with Crippen LogP contribution < -0.4 is 20.3 Å². The van der Waals surface area contributed by atoms with Gasteiger partial charge in [0, 0.05) is 24.5 Å². The van der Waals surface area contributed by atoms with Gasteiger partial charge in [0.25, 0.3) is 0 Å². The number of nitrogens with zero attached hydrogens (tertiary/aromatic N) is 4. The van der Waals surface area contributed by atoms with Gasteiger partial charge in [-0.25, -0.2) is 0 Å². The molecule has 1 fully saturated rings. The molecule has 0 saturated carbocycles. The topological polar surface area (TPSA) is 84.4 Å². The van der Waals surface area contributed by atoms with Gasteiger partial charge < -0.3 is 25.0 Å². The third-order valence-electron chi connectivity index (χ3n) is 4.65. The molecular weight excluding hydrogens is 416 g/mol. The van der Waals surface area contributed by atoms with E-state index in [0.717, 1.165) is 30.2 Å². The summed E-state index contributed by atoms with van der Waals surface area (Å²) in [5.41, 5.74) is 2.99. The Labute approximate surface area is 188 Å². The highest BCUT2D eigenvalue weighted by molar-refractivity contribution is 5.85. The molecule has 1 aliphatic heterocycles. The maximum atomic E-state index is 5.51. The first-order chi connectivity index (χ1) is 14.7. The molecular formula is C22H27ClN6O2. The van der Waals surface area contributed by atoms with Crippen LogP contribution in [-0.2, 0) is 4.74 Å². The first-order valence-corrected chi connectivity index (χ1v) is 10.1. The summed E-state index contributed by atoms with van der Waals surface area (Å²) in [5.74, 6) is 2.42. The number of hydrogen-bond acceptors (Lipinski definition) is 8. The smallest absolute Gasteiger partial charge is 0.233 e. The maximum Gasteiger partial charge on any atom is 0.233 e. The van der Waals surface area contributed by atoms with Crippen LogP contribution in [0.2, 0.25) is 0 Å². The van der Waals surface area contributed by atoms with Gasteiger partial charge in [0.2, 0.25) is 17.8 Å². The van der Waals surface area contributed by atoms with Crippen molar-refractivity contribution in [2.45, 2.75) is 13.8 Å². The lowest BCUT2D eigenvalue weighted by Gasteiger charge is -2.27. The average molecular weight is 443 g/mol. The molecule has 1 aromatic heterocycles. The lowest BCUT2D eigenvalue weighted by atomic mass is 10.2. The van der Waals surface area contributed by atoms with Gasteiger partial charge in [-0.15, -0.1) is 12.4 Å². The molecule has 1 saturated heterocycles. The van der Waals surface area contributed by atoms with Gasteiger partial charge in [-0.2, -0.15) is 15.0 Å². The Morgan fingerprint density at radius 1 is 0.871 bits per heavy atom. The standard InChI is InChI=1S/C22H26N6O2.ClH/c1-3-30-19-10-8-18(9-11-19)24-21-25-20(23-17-6-4-16(2)5-7-17)26-22(27-21)28-12-14-29-15-13-28;/h4-11H,3,12-15H2,1-2H3,(H2,23,24,25,26,27);1H. The van der Waals surface area contributed by atoms with Crippen molar-refractivity contribution in [1.82, 2.24) is 15.0 Å². The fourth-order valence-corrected chi connectivity index (χ4v) is 3.08. The molecule has 0 unspecified atom stereocenters. The van der Waals surface area contributed by atoms with E-state index in [1.54, 1.807) is 0 Å². The second-order valence-electron chi connectivity index (χ2n) is 6.96. The average Bonchev–Trinajstić information content (AvgIpc) is 2.77. The Balaban J connectivity index is 0.00000272. The second-order valence-corrected chi connectivity index (χ2v) is 6.96. The highest BCUT2D eigenvalue weighted by Crippen LogP contribution is 2.22. The van der Waals surface area contributed by atoms with Gasteiger partial charge in [0.1, 0.15) is 5.75 Å². The predicted octanol–water partition coefficient (Wildman–Crippen LogP) is 4.32. The predicted molar refractivity (Wildman–Crippen MR) is 125 cm³/mol. The minimum Gasteiger partial charge on any atom is -0.494 e. The molecule has 2 aromatic carbocycles. The number of aryl methyl sites for hydroxylation is 1.